The highest BCUT2D eigenvalue weighted by Gasteiger charge is 2.29. The number of alkyl halides is 3. The van der Waals surface area contributed by atoms with Crippen molar-refractivity contribution >= 4 is 35.5 Å². The first kappa shape index (κ1) is 30.6. The number of hydrogen-bond acceptors (Lipinski definition) is 5. The Bertz CT molecular complexity index is 1410. The molecule has 0 aliphatic rings. The van der Waals surface area contributed by atoms with Crippen molar-refractivity contribution in [3.05, 3.63) is 114 Å². The van der Waals surface area contributed by atoms with Gasteiger partial charge in [0.05, 0.1) is 30.4 Å². The number of hydrogen-bond donors (Lipinski definition) is 2. The summed E-state index contributed by atoms with van der Waals surface area (Å²) in [5.74, 6) is -0.884. The number of para-hydroxylation sites is 1. The standard InChI is InChI=1S/C15H11F3O2S.C15H14O3S/c16-15(17,18)11-3-7-13(8-4-11)21-12-5-1-10(2-6-12)9-14(19)20;1-18-13-4-2-3-5-14(13)19-12-8-6-11(7-9-12)10-15(16)17/h1-8H,9H2,(H,19,20);2-9H,10H2,1H3,(H,16,17). The van der Waals surface area contributed by atoms with Crippen LogP contribution in [0.1, 0.15) is 16.7 Å². The van der Waals surface area contributed by atoms with Gasteiger partial charge < -0.3 is 14.9 Å². The molecule has 0 heterocycles. The summed E-state index contributed by atoms with van der Waals surface area (Å²) in [5, 5.41) is 17.4. The lowest BCUT2D eigenvalue weighted by molar-refractivity contribution is -0.138. The van der Waals surface area contributed by atoms with Crippen molar-refractivity contribution in [2.75, 3.05) is 7.11 Å². The average molecular weight is 587 g/mol. The number of benzene rings is 4. The van der Waals surface area contributed by atoms with Crippen molar-refractivity contribution in [2.45, 2.75) is 38.6 Å². The SMILES string of the molecule is COc1ccccc1Sc1ccc(CC(=O)O)cc1.O=C(O)Cc1ccc(Sc2ccc(C(F)(F)F)cc2)cc1. The Labute approximate surface area is 238 Å². The van der Waals surface area contributed by atoms with Crippen LogP contribution in [0, 0.1) is 0 Å². The Morgan fingerprint density at radius 2 is 1.10 bits per heavy atom. The minimum Gasteiger partial charge on any atom is -0.496 e. The molecule has 5 nitrogen and oxygen atoms in total. The summed E-state index contributed by atoms with van der Waals surface area (Å²) in [6.45, 7) is 0. The fourth-order valence-electron chi connectivity index (χ4n) is 3.38. The summed E-state index contributed by atoms with van der Waals surface area (Å²) in [6.07, 6.45) is -4.33. The molecule has 0 unspecified atom stereocenters. The Morgan fingerprint density at radius 3 is 1.52 bits per heavy atom. The third-order valence-corrected chi connectivity index (χ3v) is 7.35. The van der Waals surface area contributed by atoms with E-state index in [1.165, 1.54) is 23.9 Å². The third kappa shape index (κ3) is 10.0. The van der Waals surface area contributed by atoms with Crippen molar-refractivity contribution < 1.29 is 37.7 Å². The highest BCUT2D eigenvalue weighted by atomic mass is 32.2. The van der Waals surface area contributed by atoms with E-state index < -0.39 is 23.7 Å². The van der Waals surface area contributed by atoms with Gasteiger partial charge in [0.2, 0.25) is 0 Å². The minimum absolute atomic E-state index is 0.0504. The molecule has 0 amide bonds. The highest BCUT2D eigenvalue weighted by Crippen LogP contribution is 2.35. The van der Waals surface area contributed by atoms with Gasteiger partial charge in [0, 0.05) is 14.7 Å². The maximum absolute atomic E-state index is 12.4. The molecule has 0 saturated heterocycles. The Kier molecular flexibility index (Phi) is 11.1. The van der Waals surface area contributed by atoms with Gasteiger partial charge in [0.25, 0.3) is 0 Å². The van der Waals surface area contributed by atoms with E-state index in [0.29, 0.717) is 10.5 Å². The number of ether oxygens (including phenoxy) is 1. The average Bonchev–Trinajstić information content (AvgIpc) is 2.91. The number of carboxylic acids is 2. The van der Waals surface area contributed by atoms with Crippen molar-refractivity contribution in [3.8, 4) is 5.75 Å². The summed E-state index contributed by atoms with van der Waals surface area (Å²) in [5.41, 5.74) is 0.805. The van der Waals surface area contributed by atoms with Gasteiger partial charge in [-0.05, 0) is 71.8 Å². The molecule has 0 bridgehead atoms. The van der Waals surface area contributed by atoms with Gasteiger partial charge >= 0.3 is 18.1 Å². The molecule has 40 heavy (non-hydrogen) atoms. The molecule has 4 rings (SSSR count). The summed E-state index contributed by atoms with van der Waals surface area (Å²) >= 11 is 2.91. The van der Waals surface area contributed by atoms with E-state index in [1.54, 1.807) is 43.1 Å². The zero-order chi connectivity index (χ0) is 29.1. The summed E-state index contributed by atoms with van der Waals surface area (Å²) in [6, 6.07) is 27.1. The number of rotatable bonds is 9. The molecule has 208 valence electrons. The second kappa shape index (κ2) is 14.5. The van der Waals surface area contributed by atoms with Crippen LogP contribution >= 0.6 is 23.5 Å². The third-order valence-electron chi connectivity index (χ3n) is 5.27. The first-order chi connectivity index (χ1) is 19.0. The Balaban J connectivity index is 0.000000222. The predicted octanol–water partition coefficient (Wildman–Crippen LogP) is 7.96. The van der Waals surface area contributed by atoms with Crippen LogP contribution in [0.5, 0.6) is 5.75 Å². The quantitative estimate of drug-likeness (QED) is 0.206. The summed E-state index contributed by atoms with van der Waals surface area (Å²) in [4.78, 5) is 24.8. The molecule has 0 aliphatic carbocycles. The van der Waals surface area contributed by atoms with E-state index in [2.05, 4.69) is 0 Å². The van der Waals surface area contributed by atoms with Crippen LogP contribution in [0.25, 0.3) is 0 Å². The van der Waals surface area contributed by atoms with Crippen LogP contribution in [0.2, 0.25) is 0 Å². The normalized spacial score (nSPS) is 10.8. The molecule has 0 fully saturated rings. The number of aliphatic carboxylic acids is 2. The van der Waals surface area contributed by atoms with E-state index in [4.69, 9.17) is 14.9 Å². The minimum atomic E-state index is -4.33. The van der Waals surface area contributed by atoms with Crippen molar-refractivity contribution in [1.29, 1.82) is 0 Å². The fourth-order valence-corrected chi connectivity index (χ4v) is 5.12. The molecule has 0 aromatic heterocycles. The van der Waals surface area contributed by atoms with Gasteiger partial charge in [-0.2, -0.15) is 13.2 Å². The highest BCUT2D eigenvalue weighted by molar-refractivity contribution is 7.99. The van der Waals surface area contributed by atoms with Crippen LogP contribution in [-0.4, -0.2) is 29.3 Å². The van der Waals surface area contributed by atoms with E-state index in [9.17, 15) is 22.8 Å². The van der Waals surface area contributed by atoms with Gasteiger partial charge in [0.1, 0.15) is 5.75 Å². The van der Waals surface area contributed by atoms with E-state index in [-0.39, 0.29) is 12.8 Å². The fraction of sp³-hybridized carbons (Fsp3) is 0.133. The lowest BCUT2D eigenvalue weighted by atomic mass is 10.2. The maximum Gasteiger partial charge on any atom is 0.416 e. The number of carbonyl (C=O) groups is 2. The Hall–Kier alpha value is -3.89. The van der Waals surface area contributed by atoms with Crippen molar-refractivity contribution in [1.82, 2.24) is 0 Å². The van der Waals surface area contributed by atoms with Gasteiger partial charge in [0.15, 0.2) is 0 Å². The molecule has 10 heteroatoms. The predicted molar refractivity (Wildman–Crippen MR) is 148 cm³/mol. The molecule has 0 radical (unpaired) electrons. The van der Waals surface area contributed by atoms with Crippen molar-refractivity contribution in [3.63, 3.8) is 0 Å². The molecule has 0 aliphatic heterocycles. The second-order valence-corrected chi connectivity index (χ2v) is 10.6. The maximum atomic E-state index is 12.4. The molecule has 2 N–H and O–H groups in total. The van der Waals surface area contributed by atoms with Crippen LogP contribution in [0.15, 0.2) is 117 Å². The van der Waals surface area contributed by atoms with Gasteiger partial charge in [-0.3, -0.25) is 9.59 Å². The van der Waals surface area contributed by atoms with Crippen LogP contribution in [0.4, 0.5) is 13.2 Å². The molecule has 0 atom stereocenters. The summed E-state index contributed by atoms with van der Waals surface area (Å²) < 4.78 is 42.6. The van der Waals surface area contributed by atoms with Crippen LogP contribution in [-0.2, 0) is 28.6 Å². The molecule has 0 saturated carbocycles. The van der Waals surface area contributed by atoms with Crippen LogP contribution in [0.3, 0.4) is 0 Å². The Morgan fingerprint density at radius 1 is 0.675 bits per heavy atom. The molecule has 4 aromatic rings. The summed E-state index contributed by atoms with van der Waals surface area (Å²) in [7, 11) is 1.65. The number of halogens is 3. The zero-order valence-electron chi connectivity index (χ0n) is 21.2. The smallest absolute Gasteiger partial charge is 0.416 e. The number of methoxy groups -OCH3 is 1. The number of carboxylic acid groups (broad SMARTS) is 2. The van der Waals surface area contributed by atoms with Crippen molar-refractivity contribution in [2.24, 2.45) is 0 Å². The molecule has 0 spiro atoms. The van der Waals surface area contributed by atoms with E-state index in [1.807, 2.05) is 48.5 Å². The first-order valence-corrected chi connectivity index (χ1v) is 13.4. The molecular formula is C30H25F3O5S2. The monoisotopic (exact) mass is 586 g/mol. The van der Waals surface area contributed by atoms with E-state index >= 15 is 0 Å². The van der Waals surface area contributed by atoms with Gasteiger partial charge in [-0.15, -0.1) is 0 Å². The lowest BCUT2D eigenvalue weighted by Crippen LogP contribution is -2.03. The largest absolute Gasteiger partial charge is 0.496 e. The topological polar surface area (TPSA) is 83.8 Å². The van der Waals surface area contributed by atoms with Gasteiger partial charge in [-0.25, -0.2) is 0 Å². The first-order valence-electron chi connectivity index (χ1n) is 11.8. The van der Waals surface area contributed by atoms with E-state index in [0.717, 1.165) is 38.1 Å². The zero-order valence-corrected chi connectivity index (χ0v) is 22.9. The second-order valence-electron chi connectivity index (χ2n) is 8.31. The molecule has 4 aromatic carbocycles. The lowest BCUT2D eigenvalue weighted by Gasteiger charge is -2.07. The van der Waals surface area contributed by atoms with Gasteiger partial charge in [-0.1, -0.05) is 59.9 Å². The van der Waals surface area contributed by atoms with Crippen LogP contribution < -0.4 is 4.74 Å². The molecular weight excluding hydrogens is 561 g/mol.